The molecule has 0 spiro atoms. The molecule has 80 valence electrons. The topological polar surface area (TPSA) is 20.3 Å². The molecule has 0 unspecified atom stereocenters. The molecule has 0 radical (unpaired) electrons. The molecule has 1 atom stereocenters. The molecule has 0 aliphatic carbocycles. The van der Waals surface area contributed by atoms with Crippen molar-refractivity contribution in [1.82, 2.24) is 4.90 Å². The number of benzene rings is 1. The lowest BCUT2D eigenvalue weighted by Gasteiger charge is -2.21. The number of carbonyl (C=O) groups excluding carboxylic acids is 1. The summed E-state index contributed by atoms with van der Waals surface area (Å²) in [5.74, 6) is -0.0708. The molecule has 15 heavy (non-hydrogen) atoms. The van der Waals surface area contributed by atoms with E-state index in [9.17, 15) is 9.18 Å². The highest BCUT2D eigenvalue weighted by Gasteiger charge is 2.27. The third-order valence-corrected chi connectivity index (χ3v) is 2.87. The Hall–Kier alpha value is -1.38. The largest absolute Gasteiger partial charge is 0.336 e. The highest BCUT2D eigenvalue weighted by Crippen LogP contribution is 2.20. The SMILES string of the molecule is C[C@@H]1CCC(=O)N1Cc1cccc(F)c1. The average Bonchev–Trinajstić information content (AvgIpc) is 2.50. The van der Waals surface area contributed by atoms with E-state index < -0.39 is 0 Å². The zero-order valence-corrected chi connectivity index (χ0v) is 8.74. The molecule has 2 rings (SSSR count). The highest BCUT2D eigenvalue weighted by atomic mass is 19.1. The van der Waals surface area contributed by atoms with E-state index in [4.69, 9.17) is 0 Å². The summed E-state index contributed by atoms with van der Waals surface area (Å²) in [5, 5.41) is 0. The summed E-state index contributed by atoms with van der Waals surface area (Å²) < 4.78 is 12.9. The Balaban J connectivity index is 2.11. The molecule has 0 bridgehead atoms. The molecule has 1 aromatic carbocycles. The number of amides is 1. The minimum Gasteiger partial charge on any atom is -0.336 e. The van der Waals surface area contributed by atoms with Gasteiger partial charge in [-0.05, 0) is 31.0 Å². The van der Waals surface area contributed by atoms with Crippen LogP contribution in [0.5, 0.6) is 0 Å². The van der Waals surface area contributed by atoms with Crippen molar-refractivity contribution in [2.75, 3.05) is 0 Å². The molecule has 1 fully saturated rings. The van der Waals surface area contributed by atoms with Gasteiger partial charge >= 0.3 is 0 Å². The van der Waals surface area contributed by atoms with Crippen LogP contribution in [0.4, 0.5) is 4.39 Å². The first-order chi connectivity index (χ1) is 7.16. The van der Waals surface area contributed by atoms with Gasteiger partial charge in [0.05, 0.1) is 0 Å². The summed E-state index contributed by atoms with van der Waals surface area (Å²) in [5.41, 5.74) is 0.858. The van der Waals surface area contributed by atoms with Crippen LogP contribution in [-0.4, -0.2) is 16.8 Å². The fraction of sp³-hybridized carbons (Fsp3) is 0.417. The second-order valence-corrected chi connectivity index (χ2v) is 4.04. The molecule has 1 aromatic rings. The van der Waals surface area contributed by atoms with Crippen LogP contribution in [0.15, 0.2) is 24.3 Å². The molecule has 2 nitrogen and oxygen atoms in total. The Labute approximate surface area is 88.7 Å². The molecule has 1 heterocycles. The number of carbonyl (C=O) groups is 1. The summed E-state index contributed by atoms with van der Waals surface area (Å²) in [4.78, 5) is 13.3. The fourth-order valence-corrected chi connectivity index (χ4v) is 1.95. The van der Waals surface area contributed by atoms with E-state index >= 15 is 0 Å². The maximum atomic E-state index is 12.9. The Morgan fingerprint density at radius 2 is 2.33 bits per heavy atom. The van der Waals surface area contributed by atoms with Gasteiger partial charge in [-0.15, -0.1) is 0 Å². The zero-order chi connectivity index (χ0) is 10.8. The molecule has 1 aliphatic rings. The van der Waals surface area contributed by atoms with Gasteiger partial charge in [0.25, 0.3) is 0 Å². The molecule has 0 saturated carbocycles. The first-order valence-electron chi connectivity index (χ1n) is 5.21. The van der Waals surface area contributed by atoms with Crippen LogP contribution in [-0.2, 0) is 11.3 Å². The van der Waals surface area contributed by atoms with Crippen molar-refractivity contribution < 1.29 is 9.18 Å². The van der Waals surface area contributed by atoms with Crippen LogP contribution in [0.1, 0.15) is 25.3 Å². The van der Waals surface area contributed by atoms with E-state index in [0.29, 0.717) is 13.0 Å². The lowest BCUT2D eigenvalue weighted by Crippen LogP contribution is -2.30. The first-order valence-corrected chi connectivity index (χ1v) is 5.21. The molecule has 0 N–H and O–H groups in total. The molecule has 3 heteroatoms. The smallest absolute Gasteiger partial charge is 0.223 e. The monoisotopic (exact) mass is 207 g/mol. The lowest BCUT2D eigenvalue weighted by molar-refractivity contribution is -0.129. The van der Waals surface area contributed by atoms with Gasteiger partial charge in [0, 0.05) is 19.0 Å². The predicted octanol–water partition coefficient (Wildman–Crippen LogP) is 2.34. The van der Waals surface area contributed by atoms with Crippen molar-refractivity contribution in [2.45, 2.75) is 32.4 Å². The second-order valence-electron chi connectivity index (χ2n) is 4.04. The van der Waals surface area contributed by atoms with Crippen LogP contribution in [0.2, 0.25) is 0 Å². The summed E-state index contributed by atoms with van der Waals surface area (Å²) in [6, 6.07) is 6.70. The van der Waals surface area contributed by atoms with Crippen molar-refractivity contribution in [3.05, 3.63) is 35.6 Å². The van der Waals surface area contributed by atoms with Crippen LogP contribution in [0.3, 0.4) is 0 Å². The minimum atomic E-state index is -0.244. The molecule has 0 aromatic heterocycles. The lowest BCUT2D eigenvalue weighted by atomic mass is 10.2. The third kappa shape index (κ3) is 2.17. The number of likely N-dealkylation sites (tertiary alicyclic amines) is 1. The van der Waals surface area contributed by atoms with Gasteiger partial charge < -0.3 is 4.90 Å². The van der Waals surface area contributed by atoms with Gasteiger partial charge in [-0.1, -0.05) is 12.1 Å². The van der Waals surface area contributed by atoms with E-state index in [0.717, 1.165) is 12.0 Å². The fourth-order valence-electron chi connectivity index (χ4n) is 1.95. The summed E-state index contributed by atoms with van der Waals surface area (Å²) in [6.07, 6.45) is 1.53. The summed E-state index contributed by atoms with van der Waals surface area (Å²) >= 11 is 0. The van der Waals surface area contributed by atoms with Gasteiger partial charge in [0.1, 0.15) is 5.82 Å². The van der Waals surface area contributed by atoms with E-state index in [2.05, 4.69) is 0 Å². The molecule has 1 amide bonds. The Morgan fingerprint density at radius 3 is 2.93 bits per heavy atom. The molecular formula is C12H14FNO. The van der Waals surface area contributed by atoms with Crippen molar-refractivity contribution in [3.8, 4) is 0 Å². The maximum absolute atomic E-state index is 12.9. The minimum absolute atomic E-state index is 0.173. The Kier molecular flexibility index (Phi) is 2.71. The Morgan fingerprint density at radius 1 is 1.53 bits per heavy atom. The predicted molar refractivity (Wildman–Crippen MR) is 55.6 cm³/mol. The number of nitrogens with zero attached hydrogens (tertiary/aromatic N) is 1. The van der Waals surface area contributed by atoms with E-state index in [1.807, 2.05) is 17.9 Å². The number of rotatable bonds is 2. The molecular weight excluding hydrogens is 193 g/mol. The van der Waals surface area contributed by atoms with Crippen LogP contribution >= 0.6 is 0 Å². The van der Waals surface area contributed by atoms with Crippen molar-refractivity contribution >= 4 is 5.91 Å². The first kappa shape index (κ1) is 10.1. The van der Waals surface area contributed by atoms with Crippen LogP contribution in [0, 0.1) is 5.82 Å². The highest BCUT2D eigenvalue weighted by molar-refractivity contribution is 5.78. The van der Waals surface area contributed by atoms with Gasteiger partial charge in [0.2, 0.25) is 5.91 Å². The van der Waals surface area contributed by atoms with E-state index in [-0.39, 0.29) is 17.8 Å². The van der Waals surface area contributed by atoms with Gasteiger partial charge in [0.15, 0.2) is 0 Å². The zero-order valence-electron chi connectivity index (χ0n) is 8.74. The van der Waals surface area contributed by atoms with Gasteiger partial charge in [-0.3, -0.25) is 4.79 Å². The van der Waals surface area contributed by atoms with Crippen molar-refractivity contribution in [1.29, 1.82) is 0 Å². The quantitative estimate of drug-likeness (QED) is 0.729. The summed E-state index contributed by atoms with van der Waals surface area (Å²) in [7, 11) is 0. The van der Waals surface area contributed by atoms with Crippen LogP contribution in [0.25, 0.3) is 0 Å². The van der Waals surface area contributed by atoms with Gasteiger partial charge in [-0.25, -0.2) is 4.39 Å². The Bertz CT molecular complexity index is 378. The molecule has 1 saturated heterocycles. The second kappa shape index (κ2) is 4.01. The standard InChI is InChI=1S/C12H14FNO/c1-9-5-6-12(15)14(9)8-10-3-2-4-11(13)7-10/h2-4,7,9H,5-6,8H2,1H3/t9-/m1/s1. The van der Waals surface area contributed by atoms with E-state index in [1.165, 1.54) is 12.1 Å². The third-order valence-electron chi connectivity index (χ3n) is 2.87. The van der Waals surface area contributed by atoms with E-state index in [1.54, 1.807) is 6.07 Å². The van der Waals surface area contributed by atoms with Crippen molar-refractivity contribution in [2.24, 2.45) is 0 Å². The number of hydrogen-bond donors (Lipinski definition) is 0. The number of halogens is 1. The number of hydrogen-bond acceptors (Lipinski definition) is 1. The molecule has 1 aliphatic heterocycles. The van der Waals surface area contributed by atoms with Crippen LogP contribution < -0.4 is 0 Å². The normalized spacial score (nSPS) is 21.1. The van der Waals surface area contributed by atoms with Gasteiger partial charge in [-0.2, -0.15) is 0 Å². The maximum Gasteiger partial charge on any atom is 0.223 e. The van der Waals surface area contributed by atoms with Crippen molar-refractivity contribution in [3.63, 3.8) is 0 Å². The average molecular weight is 207 g/mol. The summed E-state index contributed by atoms with van der Waals surface area (Å²) in [6.45, 7) is 2.56.